The topological polar surface area (TPSA) is 50.4 Å². The second-order valence-electron chi connectivity index (χ2n) is 7.95. The Balaban J connectivity index is 1.27. The van der Waals surface area contributed by atoms with E-state index in [4.69, 9.17) is 4.74 Å². The Bertz CT molecular complexity index is 748. The van der Waals surface area contributed by atoms with Gasteiger partial charge in [0.25, 0.3) is 5.91 Å². The molecule has 4 rings (SSSR count). The molecule has 2 aliphatic rings. The standard InChI is InChI=1S/C23H28N2O2/c26-22(19-10-8-18(9-11-19)20-5-4-14-24-15-20)25-16-23(12-13-23)17-27-21-6-2-1-3-7-21/h1-3,6-11,20,24H,4-5,12-17H2,(H,25,26)/t20-/m1/s1. The lowest BCUT2D eigenvalue weighted by Crippen LogP contribution is -2.33. The zero-order chi connectivity index (χ0) is 18.5. The van der Waals surface area contributed by atoms with E-state index in [2.05, 4.69) is 22.8 Å². The van der Waals surface area contributed by atoms with Gasteiger partial charge in [-0.1, -0.05) is 30.3 Å². The summed E-state index contributed by atoms with van der Waals surface area (Å²) in [7, 11) is 0. The van der Waals surface area contributed by atoms with Crippen molar-refractivity contribution in [3.05, 3.63) is 65.7 Å². The molecule has 1 atom stereocenters. The van der Waals surface area contributed by atoms with E-state index in [1.54, 1.807) is 0 Å². The molecule has 2 fully saturated rings. The maximum atomic E-state index is 12.5. The summed E-state index contributed by atoms with van der Waals surface area (Å²) in [5.41, 5.74) is 2.16. The van der Waals surface area contributed by atoms with Crippen molar-refractivity contribution in [3.8, 4) is 5.75 Å². The molecule has 0 spiro atoms. The number of benzene rings is 2. The lowest BCUT2D eigenvalue weighted by atomic mass is 9.91. The quantitative estimate of drug-likeness (QED) is 0.787. The molecule has 0 radical (unpaired) electrons. The number of carbonyl (C=O) groups excluding carboxylic acids is 1. The van der Waals surface area contributed by atoms with Crippen LogP contribution in [0.5, 0.6) is 5.75 Å². The van der Waals surface area contributed by atoms with E-state index in [9.17, 15) is 4.79 Å². The van der Waals surface area contributed by atoms with Crippen molar-refractivity contribution in [2.75, 3.05) is 26.2 Å². The van der Waals surface area contributed by atoms with Gasteiger partial charge in [-0.15, -0.1) is 0 Å². The van der Waals surface area contributed by atoms with Crippen LogP contribution in [-0.4, -0.2) is 32.1 Å². The summed E-state index contributed by atoms with van der Waals surface area (Å²) in [6.45, 7) is 3.49. The fourth-order valence-corrected chi connectivity index (χ4v) is 3.71. The lowest BCUT2D eigenvalue weighted by molar-refractivity contribution is 0.0937. The van der Waals surface area contributed by atoms with Crippen molar-refractivity contribution in [2.45, 2.75) is 31.6 Å². The number of amides is 1. The molecular formula is C23H28N2O2. The average molecular weight is 364 g/mol. The molecule has 1 amide bonds. The molecule has 1 heterocycles. The average Bonchev–Trinajstić information content (AvgIpc) is 3.52. The van der Waals surface area contributed by atoms with Crippen molar-refractivity contribution >= 4 is 5.91 Å². The van der Waals surface area contributed by atoms with Crippen LogP contribution in [0.15, 0.2) is 54.6 Å². The summed E-state index contributed by atoms with van der Waals surface area (Å²) in [5, 5.41) is 6.55. The molecule has 4 nitrogen and oxygen atoms in total. The zero-order valence-electron chi connectivity index (χ0n) is 15.7. The van der Waals surface area contributed by atoms with Crippen LogP contribution < -0.4 is 15.4 Å². The smallest absolute Gasteiger partial charge is 0.251 e. The fraction of sp³-hybridized carbons (Fsp3) is 0.435. The number of carbonyl (C=O) groups is 1. The number of ether oxygens (including phenoxy) is 1. The zero-order valence-corrected chi connectivity index (χ0v) is 15.7. The molecule has 1 aliphatic carbocycles. The van der Waals surface area contributed by atoms with Crippen LogP contribution in [-0.2, 0) is 0 Å². The number of hydrogen-bond donors (Lipinski definition) is 2. The van der Waals surface area contributed by atoms with Crippen molar-refractivity contribution in [2.24, 2.45) is 5.41 Å². The third kappa shape index (κ3) is 4.69. The summed E-state index contributed by atoms with van der Waals surface area (Å²) in [6, 6.07) is 18.0. The molecule has 0 aromatic heterocycles. The first-order chi connectivity index (χ1) is 13.2. The number of nitrogens with one attached hydrogen (secondary N) is 2. The van der Waals surface area contributed by atoms with Gasteiger partial charge in [0.05, 0.1) is 6.61 Å². The molecular weight excluding hydrogens is 336 g/mol. The van der Waals surface area contributed by atoms with Crippen molar-refractivity contribution in [3.63, 3.8) is 0 Å². The molecule has 142 valence electrons. The summed E-state index contributed by atoms with van der Waals surface area (Å²) >= 11 is 0. The first kappa shape index (κ1) is 18.1. The van der Waals surface area contributed by atoms with Crippen LogP contribution in [0.25, 0.3) is 0 Å². The number of rotatable bonds is 7. The number of hydrogen-bond acceptors (Lipinski definition) is 3. The van der Waals surface area contributed by atoms with Gasteiger partial charge in [0.15, 0.2) is 0 Å². The third-order valence-electron chi connectivity index (χ3n) is 5.81. The van der Waals surface area contributed by atoms with Crippen LogP contribution in [0.3, 0.4) is 0 Å². The molecule has 1 saturated carbocycles. The Labute approximate surface area is 161 Å². The van der Waals surface area contributed by atoms with Gasteiger partial charge in [0.2, 0.25) is 0 Å². The van der Waals surface area contributed by atoms with E-state index in [1.807, 2.05) is 42.5 Å². The monoisotopic (exact) mass is 364 g/mol. The van der Waals surface area contributed by atoms with E-state index in [0.717, 1.165) is 37.2 Å². The lowest BCUT2D eigenvalue weighted by Gasteiger charge is -2.23. The first-order valence-electron chi connectivity index (χ1n) is 10.0. The van der Waals surface area contributed by atoms with Gasteiger partial charge in [-0.3, -0.25) is 4.79 Å². The summed E-state index contributed by atoms with van der Waals surface area (Å²) in [5.74, 6) is 1.47. The Morgan fingerprint density at radius 2 is 1.89 bits per heavy atom. The van der Waals surface area contributed by atoms with Crippen molar-refractivity contribution in [1.82, 2.24) is 10.6 Å². The molecule has 0 unspecified atom stereocenters. The molecule has 27 heavy (non-hydrogen) atoms. The molecule has 2 N–H and O–H groups in total. The van der Waals surface area contributed by atoms with E-state index in [-0.39, 0.29) is 11.3 Å². The van der Waals surface area contributed by atoms with Gasteiger partial charge in [-0.05, 0) is 68.0 Å². The number of para-hydroxylation sites is 1. The minimum atomic E-state index is 0.00862. The minimum absolute atomic E-state index is 0.00862. The Hall–Kier alpha value is -2.33. The molecule has 4 heteroatoms. The maximum Gasteiger partial charge on any atom is 0.251 e. The predicted octanol–water partition coefficient (Wildman–Crippen LogP) is 3.74. The van der Waals surface area contributed by atoms with Crippen LogP contribution in [0.1, 0.15) is 47.5 Å². The van der Waals surface area contributed by atoms with Crippen molar-refractivity contribution < 1.29 is 9.53 Å². The van der Waals surface area contributed by atoms with Crippen LogP contribution >= 0.6 is 0 Å². The highest BCUT2D eigenvalue weighted by molar-refractivity contribution is 5.94. The van der Waals surface area contributed by atoms with Crippen LogP contribution in [0, 0.1) is 5.41 Å². The van der Waals surface area contributed by atoms with Crippen LogP contribution in [0.4, 0.5) is 0 Å². The van der Waals surface area contributed by atoms with E-state index >= 15 is 0 Å². The molecule has 0 bridgehead atoms. The Morgan fingerprint density at radius 3 is 2.56 bits per heavy atom. The van der Waals surface area contributed by atoms with Gasteiger partial charge < -0.3 is 15.4 Å². The van der Waals surface area contributed by atoms with Gasteiger partial charge in [0.1, 0.15) is 5.75 Å². The highest BCUT2D eigenvalue weighted by Crippen LogP contribution is 2.45. The maximum absolute atomic E-state index is 12.5. The second kappa shape index (κ2) is 8.13. The summed E-state index contributed by atoms with van der Waals surface area (Å²) in [4.78, 5) is 12.5. The van der Waals surface area contributed by atoms with Gasteiger partial charge in [0, 0.05) is 24.1 Å². The summed E-state index contributed by atoms with van der Waals surface area (Å²) in [6.07, 6.45) is 4.66. The van der Waals surface area contributed by atoms with Gasteiger partial charge >= 0.3 is 0 Å². The molecule has 2 aromatic rings. The van der Waals surface area contributed by atoms with E-state index < -0.39 is 0 Å². The molecule has 1 saturated heterocycles. The Kier molecular flexibility index (Phi) is 5.44. The number of piperidine rings is 1. The summed E-state index contributed by atoms with van der Waals surface area (Å²) < 4.78 is 5.90. The largest absolute Gasteiger partial charge is 0.493 e. The predicted molar refractivity (Wildman–Crippen MR) is 107 cm³/mol. The van der Waals surface area contributed by atoms with Gasteiger partial charge in [-0.25, -0.2) is 0 Å². The van der Waals surface area contributed by atoms with E-state index in [1.165, 1.54) is 18.4 Å². The van der Waals surface area contributed by atoms with Crippen molar-refractivity contribution in [1.29, 1.82) is 0 Å². The highest BCUT2D eigenvalue weighted by Gasteiger charge is 2.43. The first-order valence-corrected chi connectivity index (χ1v) is 10.0. The highest BCUT2D eigenvalue weighted by atomic mass is 16.5. The SMILES string of the molecule is O=C(NCC1(COc2ccccc2)CC1)c1ccc([C@@H]2CCCNC2)cc1. The van der Waals surface area contributed by atoms with Gasteiger partial charge in [-0.2, -0.15) is 0 Å². The second-order valence-corrected chi connectivity index (χ2v) is 7.95. The minimum Gasteiger partial charge on any atom is -0.493 e. The van der Waals surface area contributed by atoms with Crippen LogP contribution in [0.2, 0.25) is 0 Å². The fourth-order valence-electron chi connectivity index (χ4n) is 3.71. The molecule has 2 aromatic carbocycles. The Morgan fingerprint density at radius 1 is 1.11 bits per heavy atom. The third-order valence-corrected chi connectivity index (χ3v) is 5.81. The van der Waals surface area contributed by atoms with E-state index in [0.29, 0.717) is 19.1 Å². The molecule has 1 aliphatic heterocycles. The normalized spacial score (nSPS) is 20.7.